The molecule has 0 bridgehead atoms. The molecule has 0 spiro atoms. The van der Waals surface area contributed by atoms with Gasteiger partial charge in [0.1, 0.15) is 5.75 Å². The summed E-state index contributed by atoms with van der Waals surface area (Å²) in [7, 11) is 0. The third-order valence-corrected chi connectivity index (χ3v) is 3.94. The second-order valence-electron chi connectivity index (χ2n) is 3.47. The molecule has 1 aliphatic heterocycles. The molecule has 0 aromatic heterocycles. The normalized spacial score (nSPS) is 20.0. The van der Waals surface area contributed by atoms with E-state index in [9.17, 15) is 5.11 Å². The first-order valence-electron chi connectivity index (χ1n) is 4.60. The van der Waals surface area contributed by atoms with Crippen LogP contribution in [-0.4, -0.2) is 11.7 Å². The minimum absolute atomic E-state index is 0. The summed E-state index contributed by atoms with van der Waals surface area (Å²) < 4.78 is 2.13. The van der Waals surface area contributed by atoms with E-state index in [1.807, 2.05) is 6.07 Å². The van der Waals surface area contributed by atoms with Crippen molar-refractivity contribution >= 4 is 57.6 Å². The maximum absolute atomic E-state index is 9.93. The van der Waals surface area contributed by atoms with Crippen LogP contribution in [0.5, 0.6) is 5.75 Å². The van der Waals surface area contributed by atoms with Gasteiger partial charge < -0.3 is 10.4 Å². The van der Waals surface area contributed by atoms with E-state index in [0.29, 0.717) is 11.8 Å². The lowest BCUT2D eigenvalue weighted by Crippen LogP contribution is -2.13. The van der Waals surface area contributed by atoms with E-state index in [2.05, 4.69) is 56.6 Å². The third kappa shape index (κ3) is 3.10. The van der Waals surface area contributed by atoms with Crippen LogP contribution in [0.15, 0.2) is 12.1 Å². The predicted molar refractivity (Wildman–Crippen MR) is 80.8 cm³/mol. The summed E-state index contributed by atoms with van der Waals surface area (Å²) in [6.07, 6.45) is 2.33. The Kier molecular flexibility index (Phi) is 5.41. The molecular weight excluding hydrogens is 439 g/mol. The van der Waals surface area contributed by atoms with Gasteiger partial charge in [-0.05, 0) is 76.7 Å². The Bertz CT molecular complexity index is 354. The molecule has 0 amide bonds. The Balaban J connectivity index is 0.00000112. The number of aromatic hydroxyl groups is 1. The first kappa shape index (κ1) is 13.8. The number of rotatable bonds is 1. The standard InChI is InChI=1S/C10H11I2NO.ClH/c11-6-4-7(9-2-1-3-13-9)10(14)8(12)5-6;/h4-5,9,13-14H,1-3H2;1H/t9-;/m0./s1. The summed E-state index contributed by atoms with van der Waals surface area (Å²) in [6.45, 7) is 1.06. The van der Waals surface area contributed by atoms with Crippen molar-refractivity contribution in [3.05, 3.63) is 24.8 Å². The van der Waals surface area contributed by atoms with Crippen LogP contribution < -0.4 is 5.32 Å². The first-order valence-corrected chi connectivity index (χ1v) is 6.75. The van der Waals surface area contributed by atoms with Gasteiger partial charge in [-0.15, -0.1) is 12.4 Å². The van der Waals surface area contributed by atoms with Crippen LogP contribution in [0.2, 0.25) is 0 Å². The van der Waals surface area contributed by atoms with Crippen LogP contribution in [0, 0.1) is 7.14 Å². The van der Waals surface area contributed by atoms with Crippen molar-refractivity contribution in [3.8, 4) is 5.75 Å². The summed E-state index contributed by atoms with van der Waals surface area (Å²) in [5.41, 5.74) is 1.05. The van der Waals surface area contributed by atoms with Crippen molar-refractivity contribution < 1.29 is 5.11 Å². The number of benzene rings is 1. The molecule has 1 heterocycles. The Morgan fingerprint density at radius 3 is 2.67 bits per heavy atom. The van der Waals surface area contributed by atoms with Crippen LogP contribution in [0.4, 0.5) is 0 Å². The van der Waals surface area contributed by atoms with Gasteiger partial charge in [-0.25, -0.2) is 0 Å². The van der Waals surface area contributed by atoms with E-state index in [1.54, 1.807) is 0 Å². The second-order valence-corrected chi connectivity index (χ2v) is 5.88. The smallest absolute Gasteiger partial charge is 0.133 e. The van der Waals surface area contributed by atoms with Gasteiger partial charge in [-0.3, -0.25) is 0 Å². The molecule has 5 heteroatoms. The van der Waals surface area contributed by atoms with E-state index >= 15 is 0 Å². The van der Waals surface area contributed by atoms with Crippen LogP contribution in [-0.2, 0) is 0 Å². The fourth-order valence-corrected chi connectivity index (χ4v) is 3.69. The topological polar surface area (TPSA) is 32.3 Å². The Hall–Kier alpha value is 0.730. The minimum atomic E-state index is 0. The van der Waals surface area contributed by atoms with E-state index in [1.165, 1.54) is 9.99 Å². The average molecular weight is 451 g/mol. The number of phenolic OH excluding ortho intramolecular Hbond substituents is 1. The lowest BCUT2D eigenvalue weighted by atomic mass is 10.0. The molecular formula is C10H12ClI2NO. The van der Waals surface area contributed by atoms with Crippen molar-refractivity contribution in [3.63, 3.8) is 0 Å². The van der Waals surface area contributed by atoms with E-state index in [-0.39, 0.29) is 12.4 Å². The summed E-state index contributed by atoms with van der Waals surface area (Å²) in [6, 6.07) is 4.41. The van der Waals surface area contributed by atoms with Gasteiger partial charge >= 0.3 is 0 Å². The van der Waals surface area contributed by atoms with Gasteiger partial charge in [0.05, 0.1) is 3.57 Å². The third-order valence-electron chi connectivity index (χ3n) is 2.49. The van der Waals surface area contributed by atoms with Gasteiger partial charge in [-0.2, -0.15) is 0 Å². The molecule has 0 radical (unpaired) electrons. The highest BCUT2D eigenvalue weighted by molar-refractivity contribution is 14.1. The van der Waals surface area contributed by atoms with Gasteiger partial charge in [0, 0.05) is 15.2 Å². The van der Waals surface area contributed by atoms with Crippen molar-refractivity contribution in [1.29, 1.82) is 0 Å². The molecule has 2 rings (SSSR count). The van der Waals surface area contributed by atoms with Gasteiger partial charge in [0.15, 0.2) is 0 Å². The molecule has 1 fully saturated rings. The maximum atomic E-state index is 9.93. The Morgan fingerprint density at radius 2 is 2.07 bits per heavy atom. The zero-order valence-electron chi connectivity index (χ0n) is 7.96. The van der Waals surface area contributed by atoms with E-state index < -0.39 is 0 Å². The number of nitrogens with one attached hydrogen (secondary N) is 1. The van der Waals surface area contributed by atoms with Gasteiger partial charge in [0.25, 0.3) is 0 Å². The second kappa shape index (κ2) is 5.88. The molecule has 2 nitrogen and oxygen atoms in total. The van der Waals surface area contributed by atoms with Crippen molar-refractivity contribution in [1.82, 2.24) is 5.32 Å². The molecule has 0 unspecified atom stereocenters. The van der Waals surface area contributed by atoms with Crippen LogP contribution in [0.1, 0.15) is 24.4 Å². The van der Waals surface area contributed by atoms with Gasteiger partial charge in [0.2, 0.25) is 0 Å². The highest BCUT2D eigenvalue weighted by atomic mass is 127. The molecule has 1 aromatic carbocycles. The molecule has 84 valence electrons. The number of phenols is 1. The number of hydrogen-bond donors (Lipinski definition) is 2. The number of halogens is 3. The number of hydrogen-bond acceptors (Lipinski definition) is 2. The van der Waals surface area contributed by atoms with Crippen molar-refractivity contribution in [2.45, 2.75) is 18.9 Å². The maximum Gasteiger partial charge on any atom is 0.133 e. The molecule has 1 aromatic rings. The fraction of sp³-hybridized carbons (Fsp3) is 0.400. The summed E-state index contributed by atoms with van der Waals surface area (Å²) in [5.74, 6) is 0.449. The lowest BCUT2D eigenvalue weighted by Gasteiger charge is -2.14. The molecule has 15 heavy (non-hydrogen) atoms. The summed E-state index contributed by atoms with van der Waals surface area (Å²) >= 11 is 4.47. The van der Waals surface area contributed by atoms with Gasteiger partial charge in [-0.1, -0.05) is 0 Å². The van der Waals surface area contributed by atoms with Crippen LogP contribution in [0.3, 0.4) is 0 Å². The molecule has 0 aliphatic carbocycles. The quantitative estimate of drug-likeness (QED) is 0.642. The van der Waals surface area contributed by atoms with Crippen LogP contribution >= 0.6 is 57.6 Å². The highest BCUT2D eigenvalue weighted by Gasteiger charge is 2.20. The van der Waals surface area contributed by atoms with E-state index in [4.69, 9.17) is 0 Å². The monoisotopic (exact) mass is 451 g/mol. The first-order chi connectivity index (χ1) is 6.68. The van der Waals surface area contributed by atoms with Crippen molar-refractivity contribution in [2.75, 3.05) is 6.54 Å². The molecule has 1 atom stereocenters. The highest BCUT2D eigenvalue weighted by Crippen LogP contribution is 2.34. The largest absolute Gasteiger partial charge is 0.506 e. The zero-order valence-corrected chi connectivity index (χ0v) is 13.1. The SMILES string of the molecule is Cl.Oc1c(I)cc(I)cc1[C@@H]1CCCN1. The Labute approximate surface area is 123 Å². The minimum Gasteiger partial charge on any atom is -0.506 e. The molecule has 1 saturated heterocycles. The predicted octanol–water partition coefficient (Wildman–Crippen LogP) is 3.45. The van der Waals surface area contributed by atoms with Crippen LogP contribution in [0.25, 0.3) is 0 Å². The fourth-order valence-electron chi connectivity index (χ4n) is 1.80. The molecule has 0 saturated carbocycles. The average Bonchev–Trinajstić information content (AvgIpc) is 2.63. The molecule has 1 aliphatic rings. The Morgan fingerprint density at radius 1 is 1.33 bits per heavy atom. The zero-order chi connectivity index (χ0) is 10.1. The summed E-state index contributed by atoms with van der Waals surface area (Å²) in [5, 5.41) is 13.3. The van der Waals surface area contributed by atoms with E-state index in [0.717, 1.165) is 22.1 Å². The summed E-state index contributed by atoms with van der Waals surface area (Å²) in [4.78, 5) is 0. The molecule has 2 N–H and O–H groups in total. The van der Waals surface area contributed by atoms with Crippen molar-refractivity contribution in [2.24, 2.45) is 0 Å². The lowest BCUT2D eigenvalue weighted by molar-refractivity contribution is 0.453.